The molecule has 1 atom stereocenters. The Morgan fingerprint density at radius 2 is 1.39 bits per heavy atom. The van der Waals surface area contributed by atoms with Crippen LogP contribution in [0.15, 0.2) is 69.9 Å². The highest BCUT2D eigenvalue weighted by molar-refractivity contribution is 6.03. The fraction of sp³-hybridized carbons (Fsp3) is 0.0667. The number of rotatable bonds is 3. The lowest BCUT2D eigenvalue weighted by Crippen LogP contribution is -2.20. The van der Waals surface area contributed by atoms with E-state index in [-0.39, 0.29) is 57.1 Å². The molecular weight excluding hydrogens is 536 g/mol. The van der Waals surface area contributed by atoms with Crippen molar-refractivity contribution in [3.63, 3.8) is 0 Å². The third-order valence-electron chi connectivity index (χ3n) is 6.86. The van der Waals surface area contributed by atoms with E-state index < -0.39 is 51.6 Å². The van der Waals surface area contributed by atoms with Crippen LogP contribution < -0.4 is 10.2 Å². The van der Waals surface area contributed by atoms with Crippen LogP contribution in [-0.2, 0) is 0 Å². The molecule has 0 radical (unpaired) electrons. The first-order valence-electron chi connectivity index (χ1n) is 12.2. The van der Waals surface area contributed by atoms with E-state index in [2.05, 4.69) is 0 Å². The average Bonchev–Trinajstić information content (AvgIpc) is 2.90. The van der Waals surface area contributed by atoms with Gasteiger partial charge in [-0.05, 0) is 42.0 Å². The molecule has 2 heterocycles. The number of ether oxygens (including phenoxy) is 1. The number of ketones is 1. The molecule has 206 valence electrons. The Morgan fingerprint density at radius 3 is 2.12 bits per heavy atom. The second-order valence-corrected chi connectivity index (χ2v) is 9.52. The minimum atomic E-state index is -1.05. The van der Waals surface area contributed by atoms with Crippen LogP contribution in [0.1, 0.15) is 28.4 Å². The third kappa shape index (κ3) is 4.16. The van der Waals surface area contributed by atoms with Gasteiger partial charge in [0.05, 0.1) is 12.0 Å². The molecule has 0 aliphatic carbocycles. The Morgan fingerprint density at radius 1 is 0.683 bits per heavy atom. The van der Waals surface area contributed by atoms with E-state index in [9.17, 15) is 45.3 Å². The minimum Gasteiger partial charge on any atom is -0.508 e. The fourth-order valence-electron chi connectivity index (χ4n) is 4.95. The van der Waals surface area contributed by atoms with Crippen molar-refractivity contribution in [1.29, 1.82) is 0 Å². The summed E-state index contributed by atoms with van der Waals surface area (Å²) in [5.41, 5.74) is -1.04. The fourth-order valence-corrected chi connectivity index (χ4v) is 4.95. The highest BCUT2D eigenvalue weighted by Crippen LogP contribution is 2.50. The van der Waals surface area contributed by atoms with Crippen LogP contribution in [0, 0.1) is 0 Å². The van der Waals surface area contributed by atoms with E-state index >= 15 is 0 Å². The van der Waals surface area contributed by atoms with Crippen molar-refractivity contribution in [2.75, 3.05) is 0 Å². The maximum atomic E-state index is 13.1. The van der Waals surface area contributed by atoms with Crippen LogP contribution in [0.25, 0.3) is 33.4 Å². The lowest BCUT2D eigenvalue weighted by Gasteiger charge is -2.27. The van der Waals surface area contributed by atoms with Gasteiger partial charge in [0.15, 0.2) is 22.7 Å². The van der Waals surface area contributed by atoms with Crippen molar-refractivity contribution in [3.05, 3.63) is 82.0 Å². The van der Waals surface area contributed by atoms with Gasteiger partial charge in [-0.1, -0.05) is 0 Å². The van der Waals surface area contributed by atoms with Crippen LogP contribution in [0.2, 0.25) is 0 Å². The summed E-state index contributed by atoms with van der Waals surface area (Å²) in [5.74, 6) is -4.06. The number of carbonyl (C=O) groups is 1. The highest BCUT2D eigenvalue weighted by Gasteiger charge is 2.32. The van der Waals surface area contributed by atoms with Crippen molar-refractivity contribution in [2.24, 2.45) is 0 Å². The Bertz CT molecular complexity index is 1960. The van der Waals surface area contributed by atoms with Gasteiger partial charge >= 0.3 is 0 Å². The summed E-state index contributed by atoms with van der Waals surface area (Å²) in [6, 6.07) is 12.5. The zero-order chi connectivity index (χ0) is 29.2. The molecular formula is C30H20O11. The highest BCUT2D eigenvalue weighted by atomic mass is 16.5. The summed E-state index contributed by atoms with van der Waals surface area (Å²) >= 11 is 0. The number of benzene rings is 4. The van der Waals surface area contributed by atoms with E-state index in [1.165, 1.54) is 30.3 Å². The van der Waals surface area contributed by atoms with Crippen LogP contribution in [0.3, 0.4) is 0 Å². The summed E-state index contributed by atoms with van der Waals surface area (Å²) in [6.45, 7) is 0. The van der Waals surface area contributed by atoms with Crippen molar-refractivity contribution in [1.82, 2.24) is 0 Å². The molecule has 0 fully saturated rings. The standard InChI is InChI=1S/C30H20O11/c31-14-3-1-12(2-4-14)22-10-20(36)28-25(40-22)11-18(34)26(30(28)39)16-5-13(6-21(37)29(16)38)23-9-19(35)27-17(33)7-15(32)8-24(27)41-23/h1-8,10-11,23,31-34,37-39H,9H2/t23-/m0/s1. The molecule has 1 aliphatic rings. The van der Waals surface area contributed by atoms with Gasteiger partial charge in [-0.2, -0.15) is 0 Å². The van der Waals surface area contributed by atoms with Gasteiger partial charge in [0, 0.05) is 35.4 Å². The molecule has 1 aromatic heterocycles. The summed E-state index contributed by atoms with van der Waals surface area (Å²) in [4.78, 5) is 25.8. The van der Waals surface area contributed by atoms with Gasteiger partial charge in [0.2, 0.25) is 0 Å². The van der Waals surface area contributed by atoms with Gasteiger partial charge in [0.25, 0.3) is 0 Å². The smallest absolute Gasteiger partial charge is 0.197 e. The first-order chi connectivity index (χ1) is 19.5. The number of phenols is 7. The van der Waals surface area contributed by atoms with E-state index in [1.54, 1.807) is 0 Å². The van der Waals surface area contributed by atoms with Crippen LogP contribution in [-0.4, -0.2) is 41.5 Å². The summed E-state index contributed by atoms with van der Waals surface area (Å²) < 4.78 is 11.6. The first kappa shape index (κ1) is 25.4. The van der Waals surface area contributed by atoms with E-state index in [1.807, 2.05) is 0 Å². The molecule has 41 heavy (non-hydrogen) atoms. The monoisotopic (exact) mass is 556 g/mol. The first-order valence-corrected chi connectivity index (χ1v) is 12.2. The number of hydrogen-bond donors (Lipinski definition) is 7. The van der Waals surface area contributed by atoms with E-state index in [4.69, 9.17) is 9.15 Å². The SMILES string of the molecule is O=C1C[C@@H](c2cc(O)c(O)c(-c3c(O)cc4oc(-c5ccc(O)cc5)cc(=O)c4c3O)c2)Oc2cc(O)cc(O)c21. The van der Waals surface area contributed by atoms with Crippen LogP contribution >= 0.6 is 0 Å². The summed E-state index contributed by atoms with van der Waals surface area (Å²) in [7, 11) is 0. The summed E-state index contributed by atoms with van der Waals surface area (Å²) in [6.07, 6.45) is -1.34. The van der Waals surface area contributed by atoms with Gasteiger partial charge < -0.3 is 44.9 Å². The number of phenolic OH excluding ortho intramolecular Hbond substituents is 7. The van der Waals surface area contributed by atoms with Crippen molar-refractivity contribution < 1.29 is 49.7 Å². The Hall–Kier alpha value is -5.84. The zero-order valence-corrected chi connectivity index (χ0v) is 20.8. The maximum absolute atomic E-state index is 13.1. The Kier molecular flexibility index (Phi) is 5.66. The number of carbonyl (C=O) groups excluding carboxylic acids is 1. The van der Waals surface area contributed by atoms with Gasteiger partial charge in [-0.3, -0.25) is 9.59 Å². The lowest BCUT2D eigenvalue weighted by atomic mass is 9.92. The third-order valence-corrected chi connectivity index (χ3v) is 6.86. The second-order valence-electron chi connectivity index (χ2n) is 9.52. The number of Topliss-reactive ketones (excluding diaryl/α,β-unsaturated/α-hetero) is 1. The molecule has 0 amide bonds. The van der Waals surface area contributed by atoms with Crippen molar-refractivity contribution in [2.45, 2.75) is 12.5 Å². The molecule has 0 bridgehead atoms. The van der Waals surface area contributed by atoms with Crippen LogP contribution in [0.4, 0.5) is 0 Å². The number of hydrogen-bond acceptors (Lipinski definition) is 11. The quantitative estimate of drug-likeness (QED) is 0.151. The lowest BCUT2D eigenvalue weighted by molar-refractivity contribution is 0.0844. The van der Waals surface area contributed by atoms with Crippen molar-refractivity contribution in [3.8, 4) is 68.4 Å². The number of fused-ring (bicyclic) bond motifs is 2. The molecule has 0 saturated heterocycles. The van der Waals surface area contributed by atoms with E-state index in [0.717, 1.165) is 30.3 Å². The Balaban J connectivity index is 1.48. The summed E-state index contributed by atoms with van der Waals surface area (Å²) in [5, 5.41) is 72.3. The van der Waals surface area contributed by atoms with E-state index in [0.29, 0.717) is 5.56 Å². The zero-order valence-electron chi connectivity index (χ0n) is 20.8. The predicted octanol–water partition coefficient (Wildman–Crippen LogP) is 4.77. The molecule has 7 N–H and O–H groups in total. The molecule has 0 spiro atoms. The molecule has 4 aromatic carbocycles. The van der Waals surface area contributed by atoms with Gasteiger partial charge in [-0.15, -0.1) is 0 Å². The molecule has 5 aromatic rings. The largest absolute Gasteiger partial charge is 0.508 e. The van der Waals surface area contributed by atoms with Crippen molar-refractivity contribution >= 4 is 16.8 Å². The average molecular weight is 556 g/mol. The molecule has 6 rings (SSSR count). The predicted molar refractivity (Wildman–Crippen MR) is 144 cm³/mol. The van der Waals surface area contributed by atoms with Gasteiger partial charge in [-0.25, -0.2) is 0 Å². The maximum Gasteiger partial charge on any atom is 0.197 e. The molecule has 11 heteroatoms. The topological polar surface area (TPSA) is 198 Å². The normalized spacial score (nSPS) is 14.5. The number of aromatic hydroxyl groups is 7. The molecule has 1 aliphatic heterocycles. The molecule has 0 saturated carbocycles. The molecule has 0 unspecified atom stereocenters. The van der Waals surface area contributed by atoms with Crippen LogP contribution in [0.5, 0.6) is 46.0 Å². The Labute approximate surface area is 229 Å². The van der Waals surface area contributed by atoms with Gasteiger partial charge in [0.1, 0.15) is 62.9 Å². The minimum absolute atomic E-state index is 0.00519. The molecule has 11 nitrogen and oxygen atoms in total. The second kappa shape index (κ2) is 9.12.